The molecule has 3 rings (SSSR count). The van der Waals surface area contributed by atoms with Gasteiger partial charge >= 0.3 is 5.97 Å². The van der Waals surface area contributed by atoms with E-state index in [9.17, 15) is 24.6 Å². The van der Waals surface area contributed by atoms with E-state index in [1.807, 2.05) is 6.92 Å². The van der Waals surface area contributed by atoms with E-state index in [-0.39, 0.29) is 40.8 Å². The predicted octanol–water partition coefficient (Wildman–Crippen LogP) is 5.98. The van der Waals surface area contributed by atoms with Gasteiger partial charge in [0.2, 0.25) is 11.8 Å². The van der Waals surface area contributed by atoms with Crippen LogP contribution in [0.25, 0.3) is 0 Å². The van der Waals surface area contributed by atoms with E-state index in [1.165, 1.54) is 107 Å². The lowest BCUT2D eigenvalue weighted by Gasteiger charge is -2.46. The summed E-state index contributed by atoms with van der Waals surface area (Å²) in [5.74, 6) is -2.12. The molecular formula is C33H57N3O5S. The van der Waals surface area contributed by atoms with Gasteiger partial charge in [0, 0.05) is 29.2 Å². The first-order valence-corrected chi connectivity index (χ1v) is 17.8. The number of nitrogens with zero attached hydrogens (tertiary/aromatic N) is 1. The number of aliphatic carboxylic acids is 1. The number of carboxylic acids is 1. The van der Waals surface area contributed by atoms with Crippen molar-refractivity contribution in [3.05, 3.63) is 10.6 Å². The maximum absolute atomic E-state index is 12.7. The van der Waals surface area contributed by atoms with Crippen LogP contribution in [0.2, 0.25) is 0 Å². The number of carboxylic acid groups (broad SMARTS) is 1. The number of unbranched alkanes of at least 4 members (excludes halogenated alkanes) is 15. The summed E-state index contributed by atoms with van der Waals surface area (Å²) >= 11 is 1.48. The van der Waals surface area contributed by atoms with Gasteiger partial charge in [0.05, 0.1) is 24.1 Å². The Bertz CT molecular complexity index is 910. The Morgan fingerprint density at radius 1 is 0.952 bits per heavy atom. The summed E-state index contributed by atoms with van der Waals surface area (Å²) in [5, 5.41) is 26.3. The topological polar surface area (TPSA) is 119 Å². The van der Waals surface area contributed by atoms with Crippen LogP contribution in [0.3, 0.4) is 0 Å². The number of carbonyl (C=O) groups excluding carboxylic acids is 2. The molecule has 2 amide bonds. The number of amides is 2. The first-order valence-electron chi connectivity index (χ1n) is 16.9. The second kappa shape index (κ2) is 18.3. The van der Waals surface area contributed by atoms with Gasteiger partial charge in [-0.1, -0.05) is 110 Å². The minimum absolute atomic E-state index is 0.0131. The minimum atomic E-state index is -1.11. The molecule has 6 atom stereocenters. The van der Waals surface area contributed by atoms with Crippen LogP contribution in [-0.4, -0.2) is 69.4 Å². The average molecular weight is 608 g/mol. The normalized spacial score (nSPS) is 26.0. The fourth-order valence-corrected chi connectivity index (χ4v) is 8.34. The summed E-state index contributed by atoms with van der Waals surface area (Å²) < 4.78 is 0. The van der Waals surface area contributed by atoms with Crippen molar-refractivity contribution in [3.8, 4) is 0 Å². The van der Waals surface area contributed by atoms with E-state index >= 15 is 0 Å². The molecule has 8 nitrogen and oxygen atoms in total. The third-order valence-corrected chi connectivity index (χ3v) is 10.9. The zero-order valence-electron chi connectivity index (χ0n) is 26.4. The van der Waals surface area contributed by atoms with E-state index in [0.717, 1.165) is 12.8 Å². The molecule has 3 aliphatic heterocycles. The standard InChI is InChI=1S/C33H57N3O5S/c1-4-5-6-7-8-9-10-11-12-13-14-15-16-17-18-19-20-34-31(38)26-21-25(22-35-26)42-30-23(2)28-27(24(3)37)32(39)36(28)29(30)33(40)41/h23-28,35,37H,4-22H2,1-3H3,(H,34,38)(H,40,41)/t23-,24-,25+,26+,27-,28?/m1/s1. The van der Waals surface area contributed by atoms with Crippen molar-refractivity contribution in [2.75, 3.05) is 13.1 Å². The molecule has 0 bridgehead atoms. The number of rotatable bonds is 22. The van der Waals surface area contributed by atoms with Crippen LogP contribution in [0.15, 0.2) is 10.6 Å². The number of aliphatic hydroxyl groups excluding tert-OH is 1. The maximum Gasteiger partial charge on any atom is 0.353 e. The molecule has 9 heteroatoms. The van der Waals surface area contributed by atoms with E-state index in [2.05, 4.69) is 17.6 Å². The van der Waals surface area contributed by atoms with Gasteiger partial charge in [-0.25, -0.2) is 4.79 Å². The van der Waals surface area contributed by atoms with Crippen molar-refractivity contribution in [1.29, 1.82) is 0 Å². The Morgan fingerprint density at radius 3 is 1.98 bits per heavy atom. The number of hydrogen-bond acceptors (Lipinski definition) is 6. The summed E-state index contributed by atoms with van der Waals surface area (Å²) in [6.45, 7) is 7.10. The van der Waals surface area contributed by atoms with Crippen LogP contribution >= 0.6 is 11.8 Å². The Balaban J connectivity index is 1.22. The Kier molecular flexibility index (Phi) is 15.2. The van der Waals surface area contributed by atoms with Crippen molar-refractivity contribution < 1.29 is 24.6 Å². The molecule has 2 saturated heterocycles. The van der Waals surface area contributed by atoms with Gasteiger partial charge in [-0.3, -0.25) is 9.59 Å². The molecule has 3 heterocycles. The van der Waals surface area contributed by atoms with Crippen molar-refractivity contribution in [2.24, 2.45) is 11.8 Å². The summed E-state index contributed by atoms with van der Waals surface area (Å²) in [4.78, 5) is 39.4. The third kappa shape index (κ3) is 9.71. The van der Waals surface area contributed by atoms with Crippen molar-refractivity contribution in [3.63, 3.8) is 0 Å². The second-order valence-electron chi connectivity index (χ2n) is 12.8. The number of fused-ring (bicyclic) bond motifs is 1. The molecule has 0 saturated carbocycles. The number of thioether (sulfide) groups is 1. The number of hydrogen-bond donors (Lipinski definition) is 4. The van der Waals surface area contributed by atoms with Crippen LogP contribution in [0, 0.1) is 11.8 Å². The highest BCUT2D eigenvalue weighted by Crippen LogP contribution is 2.51. The molecule has 3 aliphatic rings. The van der Waals surface area contributed by atoms with E-state index in [4.69, 9.17) is 0 Å². The number of aliphatic hydroxyl groups is 1. The van der Waals surface area contributed by atoms with Gasteiger partial charge < -0.3 is 25.7 Å². The monoisotopic (exact) mass is 607 g/mol. The van der Waals surface area contributed by atoms with Crippen LogP contribution in [0.4, 0.5) is 0 Å². The molecule has 2 fully saturated rings. The van der Waals surface area contributed by atoms with Crippen LogP contribution in [-0.2, 0) is 14.4 Å². The zero-order valence-corrected chi connectivity index (χ0v) is 27.2. The van der Waals surface area contributed by atoms with Gasteiger partial charge in [0.15, 0.2) is 0 Å². The Morgan fingerprint density at radius 2 is 1.48 bits per heavy atom. The smallest absolute Gasteiger partial charge is 0.353 e. The fraction of sp³-hybridized carbons (Fsp3) is 0.848. The highest BCUT2D eigenvalue weighted by molar-refractivity contribution is 8.03. The van der Waals surface area contributed by atoms with Crippen molar-refractivity contribution in [1.82, 2.24) is 15.5 Å². The van der Waals surface area contributed by atoms with Crippen LogP contribution in [0.1, 0.15) is 130 Å². The van der Waals surface area contributed by atoms with E-state index < -0.39 is 18.0 Å². The average Bonchev–Trinajstić information content (AvgIpc) is 3.51. The number of nitrogens with one attached hydrogen (secondary N) is 2. The summed E-state index contributed by atoms with van der Waals surface area (Å²) in [5.41, 5.74) is 0.0517. The van der Waals surface area contributed by atoms with Crippen molar-refractivity contribution in [2.45, 2.75) is 153 Å². The molecule has 0 aliphatic carbocycles. The van der Waals surface area contributed by atoms with Crippen LogP contribution < -0.4 is 10.6 Å². The van der Waals surface area contributed by atoms with E-state index in [0.29, 0.717) is 24.4 Å². The quantitative estimate of drug-likeness (QED) is 0.0883. The molecule has 0 aromatic heterocycles. The van der Waals surface area contributed by atoms with Gasteiger partial charge in [-0.05, 0) is 19.8 Å². The lowest BCUT2D eigenvalue weighted by atomic mass is 9.79. The molecule has 240 valence electrons. The molecule has 0 radical (unpaired) electrons. The second-order valence-corrected chi connectivity index (χ2v) is 14.1. The van der Waals surface area contributed by atoms with Crippen molar-refractivity contribution >= 4 is 29.5 Å². The first-order chi connectivity index (χ1) is 20.3. The molecule has 42 heavy (non-hydrogen) atoms. The summed E-state index contributed by atoms with van der Waals surface area (Å²) in [6.07, 6.45) is 21.1. The predicted molar refractivity (Wildman–Crippen MR) is 170 cm³/mol. The maximum atomic E-state index is 12.7. The SMILES string of the molecule is CCCCCCCCCCCCCCCCCCNC(=O)[C@@H]1C[C@H](SC2=C(C(=O)O)N3C(=O)[C@H]([C@@H](C)O)C3[C@H]2C)CN1. The Hall–Kier alpha value is -1.58. The molecule has 4 N–H and O–H groups in total. The zero-order chi connectivity index (χ0) is 30.5. The Labute approximate surface area is 258 Å². The lowest BCUT2D eigenvalue weighted by Crippen LogP contribution is -2.63. The van der Waals surface area contributed by atoms with Gasteiger partial charge in [-0.15, -0.1) is 11.8 Å². The first kappa shape index (κ1) is 34.9. The van der Waals surface area contributed by atoms with Gasteiger partial charge in [-0.2, -0.15) is 0 Å². The molecule has 1 unspecified atom stereocenters. The molecule has 0 spiro atoms. The van der Waals surface area contributed by atoms with Crippen LogP contribution in [0.5, 0.6) is 0 Å². The number of carbonyl (C=O) groups is 3. The molecule has 0 aromatic carbocycles. The molecule has 0 aromatic rings. The van der Waals surface area contributed by atoms with Gasteiger partial charge in [0.1, 0.15) is 5.70 Å². The summed E-state index contributed by atoms with van der Waals surface area (Å²) in [7, 11) is 0. The molecular weight excluding hydrogens is 550 g/mol. The lowest BCUT2D eigenvalue weighted by molar-refractivity contribution is -0.163. The fourth-order valence-electron chi connectivity index (χ4n) is 6.86. The third-order valence-electron chi connectivity index (χ3n) is 9.34. The minimum Gasteiger partial charge on any atom is -0.477 e. The highest BCUT2D eigenvalue weighted by atomic mass is 32.2. The summed E-state index contributed by atoms with van der Waals surface area (Å²) in [6, 6.07) is -0.586. The van der Waals surface area contributed by atoms with E-state index in [1.54, 1.807) is 6.92 Å². The number of β-lactam (4-membered cyclic amide) rings is 1. The van der Waals surface area contributed by atoms with Gasteiger partial charge in [0.25, 0.3) is 0 Å². The largest absolute Gasteiger partial charge is 0.477 e. The highest BCUT2D eigenvalue weighted by Gasteiger charge is 2.60.